The Morgan fingerprint density at radius 3 is 2.97 bits per heavy atom. The number of ether oxygens (including phenoxy) is 4. The molecule has 190 valence electrons. The summed E-state index contributed by atoms with van der Waals surface area (Å²) in [6.45, 7) is 1.32. The van der Waals surface area contributed by atoms with E-state index >= 15 is 0 Å². The van der Waals surface area contributed by atoms with Crippen molar-refractivity contribution < 1.29 is 28.1 Å². The molecule has 2 unspecified atom stereocenters. The Balaban J connectivity index is 1.59. The van der Waals surface area contributed by atoms with Crippen LogP contribution in [0.5, 0.6) is 11.5 Å². The SMILES string of the molecule is COc1c(Cl)cccc1Nc1c(-c2ccncc2OCC2COCCO2)[nH]c2c1C(=O)NCC2CF. The van der Waals surface area contributed by atoms with Gasteiger partial charge >= 0.3 is 0 Å². The van der Waals surface area contributed by atoms with Gasteiger partial charge in [0.25, 0.3) is 5.91 Å². The lowest BCUT2D eigenvalue weighted by Gasteiger charge is -2.23. The van der Waals surface area contributed by atoms with Crippen LogP contribution in [0.3, 0.4) is 0 Å². The zero-order valence-corrected chi connectivity index (χ0v) is 20.4. The van der Waals surface area contributed by atoms with Gasteiger partial charge in [0.2, 0.25) is 0 Å². The summed E-state index contributed by atoms with van der Waals surface area (Å²) in [6, 6.07) is 7.03. The molecule has 11 heteroatoms. The number of hydrogen-bond acceptors (Lipinski definition) is 7. The number of para-hydroxylation sites is 1. The topological polar surface area (TPSA) is 107 Å². The lowest BCUT2D eigenvalue weighted by Crippen LogP contribution is -2.35. The van der Waals surface area contributed by atoms with Crippen LogP contribution in [0.25, 0.3) is 11.3 Å². The lowest BCUT2D eigenvalue weighted by molar-refractivity contribution is -0.101. The Kier molecular flexibility index (Phi) is 7.26. The quantitative estimate of drug-likeness (QED) is 0.414. The Bertz CT molecular complexity index is 1250. The fraction of sp³-hybridized carbons (Fsp3) is 0.360. The molecule has 2 aromatic heterocycles. The molecule has 3 N–H and O–H groups in total. The van der Waals surface area contributed by atoms with Crippen LogP contribution in [0.1, 0.15) is 22.0 Å². The molecular weight excluding hydrogens is 491 g/mol. The van der Waals surface area contributed by atoms with Gasteiger partial charge in [0.1, 0.15) is 18.5 Å². The fourth-order valence-electron chi connectivity index (χ4n) is 4.39. The van der Waals surface area contributed by atoms with Crippen LogP contribution in [-0.4, -0.2) is 68.7 Å². The highest BCUT2D eigenvalue weighted by Gasteiger charge is 2.34. The van der Waals surface area contributed by atoms with Crippen LogP contribution >= 0.6 is 11.6 Å². The van der Waals surface area contributed by atoms with E-state index in [1.165, 1.54) is 7.11 Å². The van der Waals surface area contributed by atoms with E-state index in [-0.39, 0.29) is 25.2 Å². The fourth-order valence-corrected chi connectivity index (χ4v) is 4.64. The monoisotopic (exact) mass is 516 g/mol. The smallest absolute Gasteiger partial charge is 0.255 e. The Morgan fingerprint density at radius 2 is 2.19 bits per heavy atom. The number of carbonyl (C=O) groups excluding carboxylic acids is 1. The number of halogens is 2. The normalized spacial score (nSPS) is 19.4. The van der Waals surface area contributed by atoms with Crippen LogP contribution in [0.2, 0.25) is 5.02 Å². The van der Waals surface area contributed by atoms with E-state index in [2.05, 4.69) is 20.6 Å². The molecule has 2 aliphatic rings. The Hall–Kier alpha value is -3.34. The summed E-state index contributed by atoms with van der Waals surface area (Å²) < 4.78 is 36.6. The van der Waals surface area contributed by atoms with E-state index in [1.807, 2.05) is 0 Å². The van der Waals surface area contributed by atoms with Gasteiger partial charge in [0, 0.05) is 29.9 Å². The highest BCUT2D eigenvalue weighted by atomic mass is 35.5. The van der Waals surface area contributed by atoms with Crippen LogP contribution < -0.4 is 20.1 Å². The second kappa shape index (κ2) is 10.7. The van der Waals surface area contributed by atoms with Crippen molar-refractivity contribution in [3.8, 4) is 22.8 Å². The average Bonchev–Trinajstić information content (AvgIpc) is 3.28. The molecule has 4 heterocycles. The van der Waals surface area contributed by atoms with Crippen molar-refractivity contribution >= 4 is 28.9 Å². The summed E-state index contributed by atoms with van der Waals surface area (Å²) in [5, 5.41) is 6.49. The summed E-state index contributed by atoms with van der Waals surface area (Å²) in [6.07, 6.45) is 3.01. The first-order valence-corrected chi connectivity index (χ1v) is 11.9. The molecule has 0 saturated carbocycles. The molecule has 1 aromatic carbocycles. The minimum atomic E-state index is -0.633. The molecule has 36 heavy (non-hydrogen) atoms. The number of methoxy groups -OCH3 is 1. The van der Waals surface area contributed by atoms with Crippen LogP contribution in [-0.2, 0) is 9.47 Å². The molecule has 1 saturated heterocycles. The van der Waals surface area contributed by atoms with E-state index in [9.17, 15) is 9.18 Å². The van der Waals surface area contributed by atoms with Crippen LogP contribution in [0, 0.1) is 0 Å². The molecule has 1 amide bonds. The number of carbonyl (C=O) groups is 1. The van der Waals surface area contributed by atoms with Gasteiger partial charge in [-0.2, -0.15) is 0 Å². The molecular formula is C25H26ClFN4O5. The lowest BCUT2D eigenvalue weighted by atomic mass is 9.97. The number of alkyl halides is 1. The third-order valence-electron chi connectivity index (χ3n) is 6.15. The molecule has 0 aliphatic carbocycles. The third kappa shape index (κ3) is 4.71. The predicted octanol–water partition coefficient (Wildman–Crippen LogP) is 4.07. The first-order valence-electron chi connectivity index (χ1n) is 11.6. The Morgan fingerprint density at radius 1 is 1.31 bits per heavy atom. The predicted molar refractivity (Wildman–Crippen MR) is 132 cm³/mol. The van der Waals surface area contributed by atoms with Gasteiger partial charge in [-0.3, -0.25) is 14.2 Å². The Labute approximate surface area is 212 Å². The maximum absolute atomic E-state index is 13.9. The number of fused-ring (bicyclic) bond motifs is 1. The molecule has 1 fully saturated rings. The minimum absolute atomic E-state index is 0.195. The number of hydrogen-bond donors (Lipinski definition) is 3. The summed E-state index contributed by atoms with van der Waals surface area (Å²) >= 11 is 6.33. The highest BCUT2D eigenvalue weighted by molar-refractivity contribution is 6.32. The second-order valence-electron chi connectivity index (χ2n) is 8.42. The molecule has 2 atom stereocenters. The van der Waals surface area contributed by atoms with Crippen LogP contribution in [0.15, 0.2) is 36.7 Å². The zero-order chi connectivity index (χ0) is 25.1. The molecule has 0 bridgehead atoms. The second-order valence-corrected chi connectivity index (χ2v) is 8.83. The van der Waals surface area contributed by atoms with Gasteiger partial charge in [-0.1, -0.05) is 17.7 Å². The van der Waals surface area contributed by atoms with Gasteiger partial charge in [-0.15, -0.1) is 0 Å². The minimum Gasteiger partial charge on any atom is -0.493 e. The maximum atomic E-state index is 13.9. The molecule has 0 spiro atoms. The van der Waals surface area contributed by atoms with E-state index in [4.69, 9.17) is 30.5 Å². The standard InChI is InChI=1S/C25H26ClFN4O5/c1-33-24-17(26)3-2-4-18(24)30-23-20-21(14(9-27)10-29-25(20)32)31-22(23)16-5-6-28-11-19(16)36-13-15-12-34-7-8-35-15/h2-6,11,14-15,30-31H,7-10,12-13H2,1H3,(H,29,32). The van der Waals surface area contributed by atoms with E-state index in [1.54, 1.807) is 36.7 Å². The maximum Gasteiger partial charge on any atom is 0.255 e. The molecule has 2 aliphatic heterocycles. The van der Waals surface area contributed by atoms with Gasteiger partial charge in [-0.25, -0.2) is 0 Å². The van der Waals surface area contributed by atoms with Crippen molar-refractivity contribution in [1.29, 1.82) is 0 Å². The number of amides is 1. The van der Waals surface area contributed by atoms with Gasteiger partial charge < -0.3 is 34.6 Å². The van der Waals surface area contributed by atoms with E-state index in [0.717, 1.165) is 0 Å². The number of benzene rings is 1. The van der Waals surface area contributed by atoms with E-state index in [0.29, 0.717) is 70.2 Å². The molecule has 0 radical (unpaired) electrons. The molecule has 9 nitrogen and oxygen atoms in total. The first kappa shape index (κ1) is 24.4. The number of pyridine rings is 1. The number of H-pyrrole nitrogens is 1. The zero-order valence-electron chi connectivity index (χ0n) is 19.6. The number of nitrogens with zero attached hydrogens (tertiary/aromatic N) is 1. The first-order chi connectivity index (χ1) is 17.6. The number of nitrogens with one attached hydrogen (secondary N) is 3. The van der Waals surface area contributed by atoms with Crippen LogP contribution in [0.4, 0.5) is 15.8 Å². The number of anilines is 2. The van der Waals surface area contributed by atoms with E-state index < -0.39 is 12.6 Å². The molecule has 3 aromatic rings. The van der Waals surface area contributed by atoms with Crippen molar-refractivity contribution in [2.75, 3.05) is 52.1 Å². The number of rotatable bonds is 8. The molecule has 5 rings (SSSR count). The van der Waals surface area contributed by atoms with Crippen molar-refractivity contribution in [3.63, 3.8) is 0 Å². The number of aromatic nitrogens is 2. The van der Waals surface area contributed by atoms with Crippen molar-refractivity contribution in [1.82, 2.24) is 15.3 Å². The largest absolute Gasteiger partial charge is 0.493 e. The van der Waals surface area contributed by atoms with Gasteiger partial charge in [-0.05, 0) is 18.2 Å². The van der Waals surface area contributed by atoms with Crippen molar-refractivity contribution in [2.45, 2.75) is 12.0 Å². The number of aromatic amines is 1. The van der Waals surface area contributed by atoms with Crippen molar-refractivity contribution in [3.05, 3.63) is 52.9 Å². The summed E-state index contributed by atoms with van der Waals surface area (Å²) in [4.78, 5) is 20.5. The average molecular weight is 517 g/mol. The summed E-state index contributed by atoms with van der Waals surface area (Å²) in [7, 11) is 1.51. The van der Waals surface area contributed by atoms with Crippen molar-refractivity contribution in [2.24, 2.45) is 0 Å². The third-order valence-corrected chi connectivity index (χ3v) is 6.45. The van der Waals surface area contributed by atoms with Gasteiger partial charge in [0.15, 0.2) is 5.75 Å². The summed E-state index contributed by atoms with van der Waals surface area (Å²) in [5.74, 6) is 0.0554. The highest BCUT2D eigenvalue weighted by Crippen LogP contribution is 2.44. The summed E-state index contributed by atoms with van der Waals surface area (Å²) in [5.41, 5.74) is 3.03. The van der Waals surface area contributed by atoms with Gasteiger partial charge in [0.05, 0.1) is 67.5 Å².